The number of pyridine rings is 1. The first-order chi connectivity index (χ1) is 10.3. The van der Waals surface area contributed by atoms with Crippen LogP contribution in [-0.2, 0) is 6.42 Å². The number of hydrogen-bond donors (Lipinski definition) is 1. The minimum Gasteiger partial charge on any atom is -0.493 e. The predicted molar refractivity (Wildman–Crippen MR) is 80.0 cm³/mol. The lowest BCUT2D eigenvalue weighted by molar-refractivity contribution is 0.356. The van der Waals surface area contributed by atoms with Crippen LogP contribution in [0, 0.1) is 5.82 Å². The lowest BCUT2D eigenvalue weighted by atomic mass is 9.99. The Balaban J connectivity index is 1.97. The van der Waals surface area contributed by atoms with Gasteiger partial charge in [0.15, 0.2) is 0 Å². The minimum absolute atomic E-state index is 0.225. The molecule has 3 rings (SSSR count). The quantitative estimate of drug-likeness (QED) is 0.916. The average Bonchev–Trinajstić information content (AvgIpc) is 2.97. The van der Waals surface area contributed by atoms with E-state index in [0.29, 0.717) is 5.69 Å². The molecule has 0 saturated heterocycles. The van der Waals surface area contributed by atoms with Crippen LogP contribution in [0.25, 0.3) is 0 Å². The fraction of sp³-hybridized carbons (Fsp3) is 0.353. The second-order valence-corrected chi connectivity index (χ2v) is 5.22. The van der Waals surface area contributed by atoms with Crippen molar-refractivity contribution in [2.75, 3.05) is 13.2 Å². The van der Waals surface area contributed by atoms with E-state index in [2.05, 4.69) is 23.3 Å². The largest absolute Gasteiger partial charge is 0.493 e. The average molecular weight is 286 g/mol. The third kappa shape index (κ3) is 2.90. The Morgan fingerprint density at radius 3 is 3.10 bits per heavy atom. The van der Waals surface area contributed by atoms with Crippen LogP contribution in [0.2, 0.25) is 0 Å². The number of halogens is 1. The van der Waals surface area contributed by atoms with Crippen molar-refractivity contribution in [2.24, 2.45) is 0 Å². The van der Waals surface area contributed by atoms with Crippen molar-refractivity contribution in [1.82, 2.24) is 10.3 Å². The SMILES string of the molecule is CCCNC(c1ccc2c(c1)CCO2)c1ncccc1F. The van der Waals surface area contributed by atoms with Crippen LogP contribution in [0.15, 0.2) is 36.5 Å². The topological polar surface area (TPSA) is 34.1 Å². The highest BCUT2D eigenvalue weighted by molar-refractivity contribution is 5.42. The van der Waals surface area contributed by atoms with Gasteiger partial charge in [0.2, 0.25) is 0 Å². The number of nitrogens with one attached hydrogen (secondary N) is 1. The summed E-state index contributed by atoms with van der Waals surface area (Å²) in [7, 11) is 0. The number of ether oxygens (including phenoxy) is 1. The van der Waals surface area contributed by atoms with E-state index >= 15 is 0 Å². The summed E-state index contributed by atoms with van der Waals surface area (Å²) >= 11 is 0. The Morgan fingerprint density at radius 2 is 2.29 bits per heavy atom. The third-order valence-electron chi connectivity index (χ3n) is 3.71. The highest BCUT2D eigenvalue weighted by Crippen LogP contribution is 2.30. The molecule has 1 aliphatic rings. The Labute approximate surface area is 124 Å². The van der Waals surface area contributed by atoms with Gasteiger partial charge in [-0.15, -0.1) is 0 Å². The minimum atomic E-state index is -0.275. The van der Waals surface area contributed by atoms with Gasteiger partial charge in [-0.25, -0.2) is 4.39 Å². The zero-order chi connectivity index (χ0) is 14.7. The van der Waals surface area contributed by atoms with Crippen LogP contribution in [-0.4, -0.2) is 18.1 Å². The first kappa shape index (κ1) is 14.0. The van der Waals surface area contributed by atoms with E-state index in [0.717, 1.165) is 37.3 Å². The number of hydrogen-bond acceptors (Lipinski definition) is 3. The van der Waals surface area contributed by atoms with Crippen molar-refractivity contribution >= 4 is 0 Å². The Hall–Kier alpha value is -1.94. The van der Waals surface area contributed by atoms with Crippen molar-refractivity contribution in [1.29, 1.82) is 0 Å². The smallest absolute Gasteiger partial charge is 0.146 e. The monoisotopic (exact) mass is 286 g/mol. The van der Waals surface area contributed by atoms with Crippen LogP contribution in [0.1, 0.15) is 36.2 Å². The van der Waals surface area contributed by atoms with Crippen LogP contribution >= 0.6 is 0 Å². The number of fused-ring (bicyclic) bond motifs is 1. The van der Waals surface area contributed by atoms with Gasteiger partial charge in [0.1, 0.15) is 11.6 Å². The lowest BCUT2D eigenvalue weighted by Gasteiger charge is -2.19. The molecule has 2 aromatic rings. The van der Waals surface area contributed by atoms with E-state index in [9.17, 15) is 4.39 Å². The summed E-state index contributed by atoms with van der Waals surface area (Å²) in [6, 6.07) is 8.91. The molecule has 0 radical (unpaired) electrons. The molecule has 1 aromatic carbocycles. The maximum Gasteiger partial charge on any atom is 0.146 e. The van der Waals surface area contributed by atoms with Crippen LogP contribution in [0.5, 0.6) is 5.75 Å². The van der Waals surface area contributed by atoms with Gasteiger partial charge in [-0.1, -0.05) is 19.1 Å². The molecule has 4 heteroatoms. The van der Waals surface area contributed by atoms with E-state index in [1.165, 1.54) is 11.6 Å². The summed E-state index contributed by atoms with van der Waals surface area (Å²) in [6.45, 7) is 3.63. The van der Waals surface area contributed by atoms with Crippen molar-refractivity contribution in [3.63, 3.8) is 0 Å². The molecule has 1 unspecified atom stereocenters. The van der Waals surface area contributed by atoms with Crippen LogP contribution in [0.3, 0.4) is 0 Å². The molecule has 1 aliphatic heterocycles. The zero-order valence-electron chi connectivity index (χ0n) is 12.1. The summed E-state index contributed by atoms with van der Waals surface area (Å²) in [5, 5.41) is 3.39. The van der Waals surface area contributed by atoms with Gasteiger partial charge in [-0.05, 0) is 42.3 Å². The maximum atomic E-state index is 14.1. The van der Waals surface area contributed by atoms with E-state index in [1.54, 1.807) is 12.3 Å². The van der Waals surface area contributed by atoms with Gasteiger partial charge >= 0.3 is 0 Å². The normalized spacial score (nSPS) is 14.6. The van der Waals surface area contributed by atoms with Gasteiger partial charge in [-0.3, -0.25) is 4.98 Å². The number of rotatable bonds is 5. The molecular formula is C17H19FN2O. The summed E-state index contributed by atoms with van der Waals surface area (Å²) in [5.74, 6) is 0.664. The molecule has 0 fully saturated rings. The molecule has 1 N–H and O–H groups in total. The second kappa shape index (κ2) is 6.22. The molecule has 1 atom stereocenters. The van der Waals surface area contributed by atoms with E-state index in [1.807, 2.05) is 12.1 Å². The standard InChI is InChI=1S/C17H19FN2O/c1-2-8-19-16(17-14(18)4-3-9-20-17)13-5-6-15-12(11-13)7-10-21-15/h3-6,9,11,16,19H,2,7-8,10H2,1H3. The molecule has 0 saturated carbocycles. The molecule has 3 nitrogen and oxygen atoms in total. The summed E-state index contributed by atoms with van der Waals surface area (Å²) in [5.41, 5.74) is 2.67. The van der Waals surface area contributed by atoms with Gasteiger partial charge in [-0.2, -0.15) is 0 Å². The molecule has 2 heterocycles. The first-order valence-corrected chi connectivity index (χ1v) is 7.39. The second-order valence-electron chi connectivity index (χ2n) is 5.22. The van der Waals surface area contributed by atoms with Gasteiger partial charge < -0.3 is 10.1 Å². The summed E-state index contributed by atoms with van der Waals surface area (Å²) in [4.78, 5) is 4.23. The fourth-order valence-corrected chi connectivity index (χ4v) is 2.66. The molecule has 0 amide bonds. The van der Waals surface area contributed by atoms with E-state index in [-0.39, 0.29) is 11.9 Å². The van der Waals surface area contributed by atoms with E-state index in [4.69, 9.17) is 4.74 Å². The van der Waals surface area contributed by atoms with Crippen molar-refractivity contribution < 1.29 is 9.13 Å². The molecule has 0 aliphatic carbocycles. The maximum absolute atomic E-state index is 14.1. The molecule has 1 aromatic heterocycles. The van der Waals surface area contributed by atoms with Gasteiger partial charge in [0, 0.05) is 12.6 Å². The molecule has 0 bridgehead atoms. The molecule has 0 spiro atoms. The fourth-order valence-electron chi connectivity index (χ4n) is 2.66. The van der Waals surface area contributed by atoms with Gasteiger partial charge in [0.05, 0.1) is 18.3 Å². The summed E-state index contributed by atoms with van der Waals surface area (Å²) < 4.78 is 19.6. The lowest BCUT2D eigenvalue weighted by Crippen LogP contribution is -2.25. The third-order valence-corrected chi connectivity index (χ3v) is 3.71. The molecule has 21 heavy (non-hydrogen) atoms. The number of benzene rings is 1. The highest BCUT2D eigenvalue weighted by atomic mass is 19.1. The van der Waals surface area contributed by atoms with Crippen LogP contribution < -0.4 is 10.1 Å². The predicted octanol–water partition coefficient (Wildman–Crippen LogP) is 3.24. The zero-order valence-corrected chi connectivity index (χ0v) is 12.1. The van der Waals surface area contributed by atoms with Crippen molar-refractivity contribution in [2.45, 2.75) is 25.8 Å². The highest BCUT2D eigenvalue weighted by Gasteiger charge is 2.21. The van der Waals surface area contributed by atoms with E-state index < -0.39 is 0 Å². The van der Waals surface area contributed by atoms with Crippen molar-refractivity contribution in [3.05, 3.63) is 59.2 Å². The Bertz CT molecular complexity index is 630. The molecule has 110 valence electrons. The first-order valence-electron chi connectivity index (χ1n) is 7.39. The number of aromatic nitrogens is 1. The Kier molecular flexibility index (Phi) is 4.15. The van der Waals surface area contributed by atoms with Crippen LogP contribution in [0.4, 0.5) is 4.39 Å². The summed E-state index contributed by atoms with van der Waals surface area (Å²) in [6.07, 6.45) is 3.53. The van der Waals surface area contributed by atoms with Gasteiger partial charge in [0.25, 0.3) is 0 Å². The number of nitrogens with zero attached hydrogens (tertiary/aromatic N) is 1. The van der Waals surface area contributed by atoms with Crippen molar-refractivity contribution in [3.8, 4) is 5.75 Å². The Morgan fingerprint density at radius 1 is 1.38 bits per heavy atom. The molecular weight excluding hydrogens is 267 g/mol.